The molecule has 0 radical (unpaired) electrons. The van der Waals surface area contributed by atoms with Crippen LogP contribution in [0.4, 0.5) is 0 Å². The highest BCUT2D eigenvalue weighted by atomic mass is 16.3. The second-order valence-corrected chi connectivity index (χ2v) is 3.98. The van der Waals surface area contributed by atoms with E-state index in [0.29, 0.717) is 5.92 Å². The molecule has 0 fully saturated rings. The second kappa shape index (κ2) is 6.44. The molecule has 0 saturated heterocycles. The van der Waals surface area contributed by atoms with Crippen LogP contribution < -0.4 is 0 Å². The third-order valence-electron chi connectivity index (χ3n) is 2.18. The standard InChI is InChI=1S/C10H22O2/c1-4-9(7-11)6-10(12)5-8(2)3/h8-12H,4-7H2,1-3H3. The van der Waals surface area contributed by atoms with Crippen molar-refractivity contribution in [2.24, 2.45) is 11.8 Å². The fourth-order valence-corrected chi connectivity index (χ4v) is 1.40. The minimum absolute atomic E-state index is 0.200. The molecule has 0 amide bonds. The Kier molecular flexibility index (Phi) is 6.39. The summed E-state index contributed by atoms with van der Waals surface area (Å²) in [5.74, 6) is 0.815. The monoisotopic (exact) mass is 174 g/mol. The number of hydrogen-bond acceptors (Lipinski definition) is 2. The summed E-state index contributed by atoms with van der Waals surface area (Å²) < 4.78 is 0. The molecule has 0 aliphatic rings. The van der Waals surface area contributed by atoms with E-state index in [-0.39, 0.29) is 18.6 Å². The Hall–Kier alpha value is -0.0800. The predicted octanol–water partition coefficient (Wildman–Crippen LogP) is 1.80. The van der Waals surface area contributed by atoms with E-state index in [9.17, 15) is 5.11 Å². The smallest absolute Gasteiger partial charge is 0.0546 e. The van der Waals surface area contributed by atoms with Gasteiger partial charge in [0, 0.05) is 6.61 Å². The van der Waals surface area contributed by atoms with E-state index in [4.69, 9.17) is 5.11 Å². The van der Waals surface area contributed by atoms with E-state index in [0.717, 1.165) is 19.3 Å². The molecule has 2 atom stereocenters. The van der Waals surface area contributed by atoms with Crippen LogP contribution >= 0.6 is 0 Å². The van der Waals surface area contributed by atoms with Crippen LogP contribution in [0.1, 0.15) is 40.0 Å². The van der Waals surface area contributed by atoms with Crippen LogP contribution in [0.5, 0.6) is 0 Å². The van der Waals surface area contributed by atoms with Gasteiger partial charge in [0.25, 0.3) is 0 Å². The normalized spacial score (nSPS) is 16.5. The Morgan fingerprint density at radius 3 is 2.08 bits per heavy atom. The molecule has 12 heavy (non-hydrogen) atoms. The lowest BCUT2D eigenvalue weighted by Crippen LogP contribution is -2.17. The summed E-state index contributed by atoms with van der Waals surface area (Å²) in [7, 11) is 0. The number of rotatable bonds is 6. The van der Waals surface area contributed by atoms with Gasteiger partial charge in [-0.15, -0.1) is 0 Å². The number of aliphatic hydroxyl groups excluding tert-OH is 2. The van der Waals surface area contributed by atoms with Crippen LogP contribution in [0.15, 0.2) is 0 Å². The van der Waals surface area contributed by atoms with Crippen LogP contribution in [0.3, 0.4) is 0 Å². The van der Waals surface area contributed by atoms with Crippen molar-refractivity contribution in [2.45, 2.75) is 46.1 Å². The SMILES string of the molecule is CCC(CO)CC(O)CC(C)C. The van der Waals surface area contributed by atoms with Crippen molar-refractivity contribution in [2.75, 3.05) is 6.61 Å². The molecule has 2 nitrogen and oxygen atoms in total. The highest BCUT2D eigenvalue weighted by molar-refractivity contribution is 4.64. The molecule has 0 aromatic heterocycles. The summed E-state index contributed by atoms with van der Waals surface area (Å²) in [6.07, 6.45) is 2.30. The molecule has 0 aliphatic heterocycles. The van der Waals surface area contributed by atoms with Gasteiger partial charge in [-0.2, -0.15) is 0 Å². The lowest BCUT2D eigenvalue weighted by atomic mass is 9.95. The fourth-order valence-electron chi connectivity index (χ4n) is 1.40. The summed E-state index contributed by atoms with van der Waals surface area (Å²) in [6.45, 7) is 6.45. The highest BCUT2D eigenvalue weighted by Crippen LogP contribution is 2.15. The van der Waals surface area contributed by atoms with Crippen LogP contribution in [0.2, 0.25) is 0 Å². The van der Waals surface area contributed by atoms with Crippen LogP contribution in [0.25, 0.3) is 0 Å². The molecular weight excluding hydrogens is 152 g/mol. The molecule has 74 valence electrons. The molecular formula is C10H22O2. The van der Waals surface area contributed by atoms with E-state index in [1.807, 2.05) is 6.92 Å². The second-order valence-electron chi connectivity index (χ2n) is 3.98. The Morgan fingerprint density at radius 1 is 1.17 bits per heavy atom. The first-order chi connectivity index (χ1) is 5.60. The molecule has 2 N–H and O–H groups in total. The van der Waals surface area contributed by atoms with Gasteiger partial charge < -0.3 is 10.2 Å². The molecule has 2 unspecified atom stereocenters. The summed E-state index contributed by atoms with van der Waals surface area (Å²) in [4.78, 5) is 0. The van der Waals surface area contributed by atoms with Gasteiger partial charge in [-0.1, -0.05) is 27.2 Å². The van der Waals surface area contributed by atoms with E-state index in [1.165, 1.54) is 0 Å². The van der Waals surface area contributed by atoms with Crippen molar-refractivity contribution < 1.29 is 10.2 Å². The Balaban J connectivity index is 3.58. The van der Waals surface area contributed by atoms with Crippen LogP contribution in [-0.2, 0) is 0 Å². The summed E-state index contributed by atoms with van der Waals surface area (Å²) in [6, 6.07) is 0. The Morgan fingerprint density at radius 2 is 1.75 bits per heavy atom. The van der Waals surface area contributed by atoms with Crippen molar-refractivity contribution in [3.8, 4) is 0 Å². The van der Waals surface area contributed by atoms with Gasteiger partial charge in [0.2, 0.25) is 0 Å². The van der Waals surface area contributed by atoms with Crippen molar-refractivity contribution in [1.82, 2.24) is 0 Å². The molecule has 2 heteroatoms. The van der Waals surface area contributed by atoms with E-state index in [2.05, 4.69) is 13.8 Å². The molecule has 0 aromatic rings. The molecule has 0 aromatic carbocycles. The lowest BCUT2D eigenvalue weighted by molar-refractivity contribution is 0.0973. The maximum atomic E-state index is 9.54. The molecule has 0 saturated carbocycles. The summed E-state index contributed by atoms with van der Waals surface area (Å²) in [5, 5.41) is 18.4. The van der Waals surface area contributed by atoms with E-state index < -0.39 is 0 Å². The average Bonchev–Trinajstić information content (AvgIpc) is 1.98. The molecule has 0 spiro atoms. The zero-order valence-corrected chi connectivity index (χ0v) is 8.45. The number of hydrogen-bond donors (Lipinski definition) is 2. The maximum absolute atomic E-state index is 9.54. The first kappa shape index (κ1) is 11.9. The third-order valence-corrected chi connectivity index (χ3v) is 2.18. The molecule has 0 aliphatic carbocycles. The minimum atomic E-state index is -0.234. The Labute approximate surface area is 75.6 Å². The van der Waals surface area contributed by atoms with Gasteiger partial charge in [-0.3, -0.25) is 0 Å². The molecule has 0 rings (SSSR count). The van der Waals surface area contributed by atoms with E-state index >= 15 is 0 Å². The average molecular weight is 174 g/mol. The fraction of sp³-hybridized carbons (Fsp3) is 1.00. The van der Waals surface area contributed by atoms with Gasteiger partial charge in [0.15, 0.2) is 0 Å². The van der Waals surface area contributed by atoms with Crippen LogP contribution in [-0.4, -0.2) is 22.9 Å². The summed E-state index contributed by atoms with van der Waals surface area (Å²) in [5.41, 5.74) is 0. The predicted molar refractivity (Wildman–Crippen MR) is 50.9 cm³/mol. The lowest BCUT2D eigenvalue weighted by Gasteiger charge is -2.17. The summed E-state index contributed by atoms with van der Waals surface area (Å²) >= 11 is 0. The highest BCUT2D eigenvalue weighted by Gasteiger charge is 2.12. The van der Waals surface area contributed by atoms with Crippen LogP contribution in [0, 0.1) is 11.8 Å². The van der Waals surface area contributed by atoms with Crippen molar-refractivity contribution in [1.29, 1.82) is 0 Å². The minimum Gasteiger partial charge on any atom is -0.396 e. The van der Waals surface area contributed by atoms with Crippen molar-refractivity contribution >= 4 is 0 Å². The number of aliphatic hydroxyl groups is 2. The molecule has 0 bridgehead atoms. The topological polar surface area (TPSA) is 40.5 Å². The first-order valence-electron chi connectivity index (χ1n) is 4.89. The zero-order valence-electron chi connectivity index (χ0n) is 8.45. The zero-order chi connectivity index (χ0) is 9.56. The first-order valence-corrected chi connectivity index (χ1v) is 4.89. The maximum Gasteiger partial charge on any atom is 0.0546 e. The Bertz CT molecular complexity index is 98.0. The largest absolute Gasteiger partial charge is 0.396 e. The van der Waals surface area contributed by atoms with Gasteiger partial charge in [-0.05, 0) is 24.7 Å². The van der Waals surface area contributed by atoms with Gasteiger partial charge in [0.1, 0.15) is 0 Å². The van der Waals surface area contributed by atoms with Crippen molar-refractivity contribution in [3.05, 3.63) is 0 Å². The quantitative estimate of drug-likeness (QED) is 0.644. The van der Waals surface area contributed by atoms with Crippen molar-refractivity contribution in [3.63, 3.8) is 0 Å². The van der Waals surface area contributed by atoms with E-state index in [1.54, 1.807) is 0 Å². The third kappa shape index (κ3) is 5.56. The van der Waals surface area contributed by atoms with Gasteiger partial charge in [-0.25, -0.2) is 0 Å². The van der Waals surface area contributed by atoms with Gasteiger partial charge >= 0.3 is 0 Å². The van der Waals surface area contributed by atoms with Gasteiger partial charge in [0.05, 0.1) is 6.10 Å². The molecule has 0 heterocycles.